The predicted octanol–water partition coefficient (Wildman–Crippen LogP) is 4.06. The summed E-state index contributed by atoms with van der Waals surface area (Å²) in [6, 6.07) is 12.0. The number of aromatic nitrogens is 2. The quantitative estimate of drug-likeness (QED) is 0.666. The van der Waals surface area contributed by atoms with E-state index in [1.165, 1.54) is 6.07 Å². The van der Waals surface area contributed by atoms with Crippen LogP contribution in [0.15, 0.2) is 60.2 Å². The molecule has 1 aliphatic rings. The van der Waals surface area contributed by atoms with E-state index in [0.29, 0.717) is 17.8 Å². The predicted molar refractivity (Wildman–Crippen MR) is 111 cm³/mol. The highest BCUT2D eigenvalue weighted by atomic mass is 32.1. The van der Waals surface area contributed by atoms with Crippen LogP contribution in [0, 0.1) is 11.7 Å². The van der Waals surface area contributed by atoms with Gasteiger partial charge in [0.25, 0.3) is 5.91 Å². The molecule has 0 spiro atoms. The van der Waals surface area contributed by atoms with Gasteiger partial charge in [0.15, 0.2) is 0 Å². The van der Waals surface area contributed by atoms with Gasteiger partial charge in [-0.1, -0.05) is 24.3 Å². The molecule has 1 amide bonds. The summed E-state index contributed by atoms with van der Waals surface area (Å²) >= 11 is 1.54. The lowest BCUT2D eigenvalue weighted by atomic mass is 9.90. The van der Waals surface area contributed by atoms with Gasteiger partial charge in [-0.05, 0) is 43.5 Å². The van der Waals surface area contributed by atoms with Crippen LogP contribution in [-0.4, -0.2) is 33.9 Å². The number of rotatable bonds is 6. The maximum atomic E-state index is 14.1. The molecule has 0 radical (unpaired) electrons. The van der Waals surface area contributed by atoms with Crippen molar-refractivity contribution in [1.82, 2.24) is 20.2 Å². The molecule has 2 aromatic heterocycles. The normalized spacial score (nSPS) is 18.3. The lowest BCUT2D eigenvalue weighted by molar-refractivity contribution is 0.0872. The lowest BCUT2D eigenvalue weighted by Crippen LogP contribution is -2.43. The minimum atomic E-state index is -0.197. The number of thiazole rings is 1. The maximum Gasteiger partial charge on any atom is 0.270 e. The Hall–Kier alpha value is -2.64. The van der Waals surface area contributed by atoms with Gasteiger partial charge in [-0.3, -0.25) is 14.7 Å². The number of hydrogen-bond acceptors (Lipinski definition) is 5. The first-order chi connectivity index (χ1) is 14.2. The summed E-state index contributed by atoms with van der Waals surface area (Å²) in [6.07, 6.45) is 5.37. The van der Waals surface area contributed by atoms with Crippen LogP contribution in [0.5, 0.6) is 0 Å². The summed E-state index contributed by atoms with van der Waals surface area (Å²) in [6.45, 7) is 2.27. The molecule has 0 saturated carbocycles. The number of nitrogens with one attached hydrogen (secondary N) is 1. The van der Waals surface area contributed by atoms with Gasteiger partial charge >= 0.3 is 0 Å². The van der Waals surface area contributed by atoms with Crippen LogP contribution >= 0.6 is 11.3 Å². The third kappa shape index (κ3) is 4.86. The monoisotopic (exact) mass is 410 g/mol. The zero-order valence-electron chi connectivity index (χ0n) is 16.0. The van der Waals surface area contributed by atoms with Crippen molar-refractivity contribution in [3.63, 3.8) is 0 Å². The molecule has 1 aromatic carbocycles. The number of likely N-dealkylation sites (tertiary alicyclic amines) is 1. The Balaban J connectivity index is 1.50. The summed E-state index contributed by atoms with van der Waals surface area (Å²) in [5, 5.41) is 5.97. The maximum absolute atomic E-state index is 14.1. The van der Waals surface area contributed by atoms with Crippen LogP contribution in [0.1, 0.15) is 39.9 Å². The van der Waals surface area contributed by atoms with Crippen LogP contribution in [0.25, 0.3) is 0 Å². The number of hydrogen-bond donors (Lipinski definition) is 1. The van der Waals surface area contributed by atoms with Crippen molar-refractivity contribution in [3.05, 3.63) is 82.3 Å². The zero-order chi connectivity index (χ0) is 20.1. The first-order valence-corrected chi connectivity index (χ1v) is 10.7. The van der Waals surface area contributed by atoms with E-state index in [1.807, 2.05) is 17.5 Å². The van der Waals surface area contributed by atoms with Crippen LogP contribution in [0.3, 0.4) is 0 Å². The molecule has 1 aliphatic heterocycles. The van der Waals surface area contributed by atoms with Gasteiger partial charge in [0, 0.05) is 36.4 Å². The SMILES string of the molecule is O=C(N[C@H](c1nccs1)[C@@H]1CCCN(Cc2ccccc2F)C1)c1ccccn1. The topological polar surface area (TPSA) is 58.1 Å². The fourth-order valence-electron chi connectivity index (χ4n) is 3.86. The van der Waals surface area contributed by atoms with E-state index in [2.05, 4.69) is 20.2 Å². The average molecular weight is 411 g/mol. The van der Waals surface area contributed by atoms with Gasteiger partial charge in [-0.15, -0.1) is 11.3 Å². The van der Waals surface area contributed by atoms with Crippen molar-refractivity contribution in [2.75, 3.05) is 13.1 Å². The van der Waals surface area contributed by atoms with Gasteiger partial charge < -0.3 is 5.32 Å². The van der Waals surface area contributed by atoms with Crippen LogP contribution in [0.2, 0.25) is 0 Å². The molecular formula is C22H23FN4OS. The average Bonchev–Trinajstić information content (AvgIpc) is 3.29. The number of piperidine rings is 1. The summed E-state index contributed by atoms with van der Waals surface area (Å²) < 4.78 is 14.1. The van der Waals surface area contributed by atoms with Crippen molar-refractivity contribution in [1.29, 1.82) is 0 Å². The van der Waals surface area contributed by atoms with E-state index in [0.717, 1.165) is 30.9 Å². The lowest BCUT2D eigenvalue weighted by Gasteiger charge is -2.36. The molecule has 1 fully saturated rings. The second-order valence-corrected chi connectivity index (χ2v) is 8.19. The van der Waals surface area contributed by atoms with Crippen LogP contribution in [-0.2, 0) is 6.54 Å². The number of benzene rings is 1. The van der Waals surface area contributed by atoms with E-state index < -0.39 is 0 Å². The highest BCUT2D eigenvalue weighted by Crippen LogP contribution is 2.32. The molecule has 3 heterocycles. The Morgan fingerprint density at radius 3 is 2.83 bits per heavy atom. The van der Waals surface area contributed by atoms with Crippen LogP contribution < -0.4 is 5.32 Å². The summed E-state index contributed by atoms with van der Waals surface area (Å²) in [5.41, 5.74) is 1.10. The van der Waals surface area contributed by atoms with E-state index in [1.54, 1.807) is 48.0 Å². The number of halogens is 1. The number of carbonyl (C=O) groups excluding carboxylic acids is 1. The van der Waals surface area contributed by atoms with E-state index in [9.17, 15) is 9.18 Å². The molecule has 5 nitrogen and oxygen atoms in total. The summed E-state index contributed by atoms with van der Waals surface area (Å²) in [7, 11) is 0. The fourth-order valence-corrected chi connectivity index (χ4v) is 4.64. The van der Waals surface area contributed by atoms with Gasteiger partial charge in [-0.2, -0.15) is 0 Å². The zero-order valence-corrected chi connectivity index (χ0v) is 16.8. The molecule has 150 valence electrons. The van der Waals surface area contributed by atoms with Crippen molar-refractivity contribution < 1.29 is 9.18 Å². The van der Waals surface area contributed by atoms with Crippen molar-refractivity contribution in [2.45, 2.75) is 25.4 Å². The van der Waals surface area contributed by atoms with Crippen molar-refractivity contribution in [3.8, 4) is 0 Å². The van der Waals surface area contributed by atoms with E-state index in [4.69, 9.17) is 0 Å². The molecule has 1 saturated heterocycles. The second kappa shape index (κ2) is 9.24. The van der Waals surface area contributed by atoms with E-state index >= 15 is 0 Å². The first-order valence-electron chi connectivity index (χ1n) is 9.78. The molecule has 1 N–H and O–H groups in total. The molecule has 3 aromatic rings. The highest BCUT2D eigenvalue weighted by Gasteiger charge is 2.31. The molecule has 4 rings (SSSR count). The second-order valence-electron chi connectivity index (χ2n) is 7.27. The Morgan fingerprint density at radius 1 is 1.21 bits per heavy atom. The van der Waals surface area contributed by atoms with Gasteiger partial charge in [0.2, 0.25) is 0 Å². The molecule has 29 heavy (non-hydrogen) atoms. The molecule has 7 heteroatoms. The molecule has 0 bridgehead atoms. The van der Waals surface area contributed by atoms with Gasteiger partial charge in [0.1, 0.15) is 16.5 Å². The number of pyridine rings is 1. The Labute approximate surface area is 173 Å². The van der Waals surface area contributed by atoms with E-state index in [-0.39, 0.29) is 23.7 Å². The molecule has 0 aliphatic carbocycles. The summed E-state index contributed by atoms with van der Waals surface area (Å²) in [5.74, 6) is -0.166. The minimum Gasteiger partial charge on any atom is -0.341 e. The molecule has 2 atom stereocenters. The smallest absolute Gasteiger partial charge is 0.270 e. The number of nitrogens with zero attached hydrogens (tertiary/aromatic N) is 3. The Kier molecular flexibility index (Phi) is 6.27. The summed E-state index contributed by atoms with van der Waals surface area (Å²) in [4.78, 5) is 23.6. The van der Waals surface area contributed by atoms with Gasteiger partial charge in [-0.25, -0.2) is 9.37 Å². The van der Waals surface area contributed by atoms with Gasteiger partial charge in [0.05, 0.1) is 6.04 Å². The third-order valence-electron chi connectivity index (χ3n) is 5.27. The fraction of sp³-hybridized carbons (Fsp3) is 0.318. The highest BCUT2D eigenvalue weighted by molar-refractivity contribution is 7.09. The Bertz CT molecular complexity index is 935. The van der Waals surface area contributed by atoms with Crippen molar-refractivity contribution >= 4 is 17.2 Å². The van der Waals surface area contributed by atoms with Crippen LogP contribution in [0.4, 0.5) is 4.39 Å². The minimum absolute atomic E-state index is 0.172. The standard InChI is InChI=1S/C22H23FN4OS/c23-18-8-2-1-6-16(18)14-27-12-5-7-17(15-27)20(22-25-11-13-29-22)26-21(28)19-9-3-4-10-24-19/h1-4,6,8-11,13,17,20H,5,7,12,14-15H2,(H,26,28)/t17-,20+/m1/s1. The third-order valence-corrected chi connectivity index (χ3v) is 6.13. The number of carbonyl (C=O) groups is 1. The molecule has 0 unspecified atom stereocenters. The van der Waals surface area contributed by atoms with Crippen molar-refractivity contribution in [2.24, 2.45) is 5.92 Å². The molecular weight excluding hydrogens is 387 g/mol. The largest absolute Gasteiger partial charge is 0.341 e. The first kappa shape index (κ1) is 19.7. The Morgan fingerprint density at radius 2 is 2.07 bits per heavy atom. The number of amides is 1.